The molecule has 1 amide bonds. The summed E-state index contributed by atoms with van der Waals surface area (Å²) in [5.41, 5.74) is 1.88. The minimum Gasteiger partial charge on any atom is -0.378 e. The number of aromatic nitrogens is 2. The molecular formula is C23H24Cl2FN3O2. The molecule has 2 heterocycles. The lowest BCUT2D eigenvalue weighted by Gasteiger charge is -2.31. The summed E-state index contributed by atoms with van der Waals surface area (Å²) in [5, 5.41) is 0.782. The van der Waals surface area contributed by atoms with E-state index < -0.39 is 6.04 Å². The standard InChI is InChI=1S/C23H24Cl2FN3O2/c1-2-5-20(23(30)28-8-10-31-11-9-28)29-21-14-17(25)16(24)13-19(21)27-22(29)12-15-6-3-4-7-18(15)26/h3-4,6-7,13-14,20H,2,5,8-12H2,1H3/t20-/m1/s1. The van der Waals surface area contributed by atoms with Crippen LogP contribution in [0.15, 0.2) is 36.4 Å². The molecule has 8 heteroatoms. The van der Waals surface area contributed by atoms with E-state index in [2.05, 4.69) is 0 Å². The zero-order chi connectivity index (χ0) is 22.0. The van der Waals surface area contributed by atoms with Gasteiger partial charge < -0.3 is 14.2 Å². The van der Waals surface area contributed by atoms with Crippen molar-refractivity contribution in [2.24, 2.45) is 0 Å². The van der Waals surface area contributed by atoms with Gasteiger partial charge in [0.15, 0.2) is 0 Å². The first-order valence-electron chi connectivity index (χ1n) is 10.5. The lowest BCUT2D eigenvalue weighted by atomic mass is 10.1. The van der Waals surface area contributed by atoms with Crippen molar-refractivity contribution in [1.82, 2.24) is 14.5 Å². The van der Waals surface area contributed by atoms with Gasteiger partial charge in [-0.25, -0.2) is 9.37 Å². The average Bonchev–Trinajstić information content (AvgIpc) is 3.10. The summed E-state index contributed by atoms with van der Waals surface area (Å²) in [5.74, 6) is 0.326. The quantitative estimate of drug-likeness (QED) is 0.499. The van der Waals surface area contributed by atoms with Crippen molar-refractivity contribution in [2.75, 3.05) is 26.3 Å². The van der Waals surface area contributed by atoms with Crippen LogP contribution in [0.25, 0.3) is 11.0 Å². The SMILES string of the molecule is CCC[C@H](C(=O)N1CCOCC1)n1c(Cc2ccccc2F)nc2cc(Cl)c(Cl)cc21. The highest BCUT2D eigenvalue weighted by atomic mass is 35.5. The number of imidazole rings is 1. The fourth-order valence-electron chi connectivity index (χ4n) is 4.06. The number of carbonyl (C=O) groups excluding carboxylic acids is 1. The predicted molar refractivity (Wildman–Crippen MR) is 120 cm³/mol. The van der Waals surface area contributed by atoms with Crippen LogP contribution in [0.2, 0.25) is 10.0 Å². The molecule has 31 heavy (non-hydrogen) atoms. The van der Waals surface area contributed by atoms with E-state index in [9.17, 15) is 9.18 Å². The van der Waals surface area contributed by atoms with E-state index >= 15 is 0 Å². The first-order chi connectivity index (χ1) is 15.0. The van der Waals surface area contributed by atoms with Crippen LogP contribution in [-0.4, -0.2) is 46.7 Å². The number of hydrogen-bond acceptors (Lipinski definition) is 3. The molecule has 0 radical (unpaired) electrons. The molecule has 1 atom stereocenters. The fourth-order valence-corrected chi connectivity index (χ4v) is 4.37. The lowest BCUT2D eigenvalue weighted by Crippen LogP contribution is -2.44. The van der Waals surface area contributed by atoms with Crippen molar-refractivity contribution in [3.8, 4) is 0 Å². The molecule has 1 saturated heterocycles. The molecule has 0 saturated carbocycles. The number of benzene rings is 2. The number of halogens is 3. The maximum atomic E-state index is 14.4. The van der Waals surface area contributed by atoms with Crippen LogP contribution in [0.4, 0.5) is 4.39 Å². The topological polar surface area (TPSA) is 47.4 Å². The van der Waals surface area contributed by atoms with E-state index in [-0.39, 0.29) is 18.1 Å². The van der Waals surface area contributed by atoms with Gasteiger partial charge in [0.2, 0.25) is 5.91 Å². The number of rotatable bonds is 6. The summed E-state index contributed by atoms with van der Waals surface area (Å²) in [7, 11) is 0. The first-order valence-corrected chi connectivity index (χ1v) is 11.2. The number of amides is 1. The van der Waals surface area contributed by atoms with Crippen molar-refractivity contribution in [1.29, 1.82) is 0 Å². The maximum Gasteiger partial charge on any atom is 0.245 e. The van der Waals surface area contributed by atoms with Crippen LogP contribution in [0.5, 0.6) is 0 Å². The molecule has 0 bridgehead atoms. The number of morpholine rings is 1. The number of ether oxygens (including phenoxy) is 1. The Bertz CT molecular complexity index is 1100. The highest BCUT2D eigenvalue weighted by Gasteiger charge is 2.30. The smallest absolute Gasteiger partial charge is 0.245 e. The van der Waals surface area contributed by atoms with Gasteiger partial charge >= 0.3 is 0 Å². The molecule has 0 aliphatic carbocycles. The average molecular weight is 464 g/mol. The molecule has 1 fully saturated rings. The van der Waals surface area contributed by atoms with Crippen molar-refractivity contribution < 1.29 is 13.9 Å². The molecule has 3 aromatic rings. The summed E-state index contributed by atoms with van der Waals surface area (Å²) < 4.78 is 21.8. The molecule has 0 N–H and O–H groups in total. The van der Waals surface area contributed by atoms with E-state index in [0.29, 0.717) is 59.7 Å². The Kier molecular flexibility index (Phi) is 6.80. The van der Waals surface area contributed by atoms with E-state index in [4.69, 9.17) is 32.9 Å². The van der Waals surface area contributed by atoms with Crippen LogP contribution in [0.1, 0.15) is 37.2 Å². The van der Waals surface area contributed by atoms with Gasteiger partial charge in [-0.3, -0.25) is 4.79 Å². The molecule has 0 unspecified atom stereocenters. The van der Waals surface area contributed by atoms with E-state index in [1.54, 1.807) is 30.3 Å². The van der Waals surface area contributed by atoms with Crippen LogP contribution in [-0.2, 0) is 16.0 Å². The van der Waals surface area contributed by atoms with Gasteiger partial charge in [0.25, 0.3) is 0 Å². The second-order valence-electron chi connectivity index (χ2n) is 7.66. The van der Waals surface area contributed by atoms with Gasteiger partial charge in [0, 0.05) is 19.5 Å². The number of fused-ring (bicyclic) bond motifs is 1. The van der Waals surface area contributed by atoms with Crippen LogP contribution >= 0.6 is 23.2 Å². The summed E-state index contributed by atoms with van der Waals surface area (Å²) in [6, 6.07) is 9.59. The molecule has 1 aromatic heterocycles. The summed E-state index contributed by atoms with van der Waals surface area (Å²) in [6.07, 6.45) is 1.69. The molecule has 0 spiro atoms. The largest absolute Gasteiger partial charge is 0.378 e. The van der Waals surface area contributed by atoms with Gasteiger partial charge in [-0.05, 0) is 30.2 Å². The highest BCUT2D eigenvalue weighted by Crippen LogP contribution is 2.33. The molecule has 2 aromatic carbocycles. The summed E-state index contributed by atoms with van der Waals surface area (Å²) >= 11 is 12.5. The zero-order valence-corrected chi connectivity index (χ0v) is 18.8. The monoisotopic (exact) mass is 463 g/mol. The molecule has 5 nitrogen and oxygen atoms in total. The highest BCUT2D eigenvalue weighted by molar-refractivity contribution is 6.42. The van der Waals surface area contributed by atoms with Gasteiger partial charge in [-0.2, -0.15) is 0 Å². The van der Waals surface area contributed by atoms with Crippen molar-refractivity contribution in [3.05, 3.63) is 63.6 Å². The molecule has 164 valence electrons. The van der Waals surface area contributed by atoms with Gasteiger partial charge in [0.05, 0.1) is 34.3 Å². The predicted octanol–water partition coefficient (Wildman–Crippen LogP) is 5.27. The molecule has 1 aliphatic heterocycles. The molecular weight excluding hydrogens is 440 g/mol. The van der Waals surface area contributed by atoms with Gasteiger partial charge in [-0.1, -0.05) is 54.7 Å². The second-order valence-corrected chi connectivity index (χ2v) is 8.48. The van der Waals surface area contributed by atoms with Crippen LogP contribution in [0.3, 0.4) is 0 Å². The normalized spacial score (nSPS) is 15.4. The Morgan fingerprint density at radius 2 is 1.90 bits per heavy atom. The van der Waals surface area contributed by atoms with Crippen LogP contribution < -0.4 is 0 Å². The number of carbonyl (C=O) groups is 1. The molecule has 4 rings (SSSR count). The minimum absolute atomic E-state index is 0.0188. The third-order valence-corrected chi connectivity index (χ3v) is 6.31. The maximum absolute atomic E-state index is 14.4. The summed E-state index contributed by atoms with van der Waals surface area (Å²) in [6.45, 7) is 4.21. The minimum atomic E-state index is -0.466. The Morgan fingerprint density at radius 1 is 1.19 bits per heavy atom. The Morgan fingerprint density at radius 3 is 2.61 bits per heavy atom. The number of hydrogen-bond donors (Lipinski definition) is 0. The van der Waals surface area contributed by atoms with Crippen molar-refractivity contribution >= 4 is 40.1 Å². The Hall–Kier alpha value is -2.15. The van der Waals surface area contributed by atoms with E-state index in [1.807, 2.05) is 16.4 Å². The first kappa shape index (κ1) is 22.1. The van der Waals surface area contributed by atoms with Crippen LogP contribution in [0, 0.1) is 5.82 Å². The molecule has 1 aliphatic rings. The number of nitrogens with zero attached hydrogens (tertiary/aromatic N) is 3. The third kappa shape index (κ3) is 4.56. The Balaban J connectivity index is 1.84. The second kappa shape index (κ2) is 9.55. The van der Waals surface area contributed by atoms with E-state index in [0.717, 1.165) is 11.9 Å². The zero-order valence-electron chi connectivity index (χ0n) is 17.3. The van der Waals surface area contributed by atoms with Gasteiger partial charge in [0.1, 0.15) is 17.7 Å². The lowest BCUT2D eigenvalue weighted by molar-refractivity contribution is -0.139. The fraction of sp³-hybridized carbons (Fsp3) is 0.391. The third-order valence-electron chi connectivity index (χ3n) is 5.59. The Labute approximate surface area is 190 Å². The van der Waals surface area contributed by atoms with Gasteiger partial charge in [-0.15, -0.1) is 0 Å². The van der Waals surface area contributed by atoms with E-state index in [1.165, 1.54) is 6.07 Å². The van der Waals surface area contributed by atoms with Crippen molar-refractivity contribution in [2.45, 2.75) is 32.2 Å². The van der Waals surface area contributed by atoms with Crippen molar-refractivity contribution in [3.63, 3.8) is 0 Å². The summed E-state index contributed by atoms with van der Waals surface area (Å²) in [4.78, 5) is 20.1.